The second-order valence-electron chi connectivity index (χ2n) is 4.63. The van der Waals surface area contributed by atoms with Gasteiger partial charge in [-0.2, -0.15) is 5.26 Å². The molecule has 1 fully saturated rings. The van der Waals surface area contributed by atoms with E-state index in [-0.39, 0.29) is 18.9 Å². The van der Waals surface area contributed by atoms with Crippen molar-refractivity contribution in [1.29, 1.82) is 5.26 Å². The lowest BCUT2D eigenvalue weighted by atomic mass is 10.1. The van der Waals surface area contributed by atoms with Gasteiger partial charge in [-0.1, -0.05) is 6.92 Å². The SMILES string of the molecule is CCCNc1ccc(C#N)cc1N1CC(O)CC1=O. The molecule has 19 heavy (non-hydrogen) atoms. The first-order chi connectivity index (χ1) is 9.15. The fourth-order valence-corrected chi connectivity index (χ4v) is 2.16. The van der Waals surface area contributed by atoms with Gasteiger partial charge in [-0.05, 0) is 24.6 Å². The van der Waals surface area contributed by atoms with Gasteiger partial charge in [0.2, 0.25) is 5.91 Å². The maximum absolute atomic E-state index is 11.9. The van der Waals surface area contributed by atoms with Crippen LogP contribution < -0.4 is 10.2 Å². The zero-order valence-electron chi connectivity index (χ0n) is 10.9. The first-order valence-electron chi connectivity index (χ1n) is 6.42. The van der Waals surface area contributed by atoms with Crippen LogP contribution in [-0.4, -0.2) is 30.2 Å². The number of nitriles is 1. The topological polar surface area (TPSA) is 76.4 Å². The fraction of sp³-hybridized carbons (Fsp3) is 0.429. The summed E-state index contributed by atoms with van der Waals surface area (Å²) in [5.74, 6) is -0.109. The number of rotatable bonds is 4. The molecule has 0 aromatic heterocycles. The van der Waals surface area contributed by atoms with E-state index in [1.807, 2.05) is 6.07 Å². The van der Waals surface area contributed by atoms with Crippen LogP contribution in [0.5, 0.6) is 0 Å². The molecule has 1 amide bonds. The number of hydrogen-bond acceptors (Lipinski definition) is 4. The van der Waals surface area contributed by atoms with E-state index in [1.165, 1.54) is 0 Å². The lowest BCUT2D eigenvalue weighted by molar-refractivity contribution is -0.117. The minimum absolute atomic E-state index is 0.109. The van der Waals surface area contributed by atoms with E-state index < -0.39 is 6.10 Å². The van der Waals surface area contributed by atoms with Gasteiger partial charge < -0.3 is 15.3 Å². The highest BCUT2D eigenvalue weighted by Gasteiger charge is 2.30. The van der Waals surface area contributed by atoms with Crippen LogP contribution in [0.1, 0.15) is 25.3 Å². The normalized spacial score (nSPS) is 18.5. The van der Waals surface area contributed by atoms with Crippen molar-refractivity contribution in [3.8, 4) is 6.07 Å². The Kier molecular flexibility index (Phi) is 4.03. The molecule has 1 heterocycles. The van der Waals surface area contributed by atoms with Gasteiger partial charge in [0.15, 0.2) is 0 Å². The lowest BCUT2D eigenvalue weighted by Crippen LogP contribution is -2.26. The highest BCUT2D eigenvalue weighted by Crippen LogP contribution is 2.30. The van der Waals surface area contributed by atoms with Crippen molar-refractivity contribution in [3.63, 3.8) is 0 Å². The summed E-state index contributed by atoms with van der Waals surface area (Å²) >= 11 is 0. The van der Waals surface area contributed by atoms with Gasteiger partial charge in [-0.25, -0.2) is 0 Å². The molecule has 0 radical (unpaired) electrons. The quantitative estimate of drug-likeness (QED) is 0.858. The monoisotopic (exact) mass is 259 g/mol. The average Bonchev–Trinajstić information content (AvgIpc) is 2.75. The highest BCUT2D eigenvalue weighted by molar-refractivity contribution is 5.99. The van der Waals surface area contributed by atoms with Gasteiger partial charge in [0, 0.05) is 6.54 Å². The van der Waals surface area contributed by atoms with Crippen LogP contribution in [0.15, 0.2) is 18.2 Å². The Morgan fingerprint density at radius 3 is 2.95 bits per heavy atom. The Labute approximate surface area is 112 Å². The van der Waals surface area contributed by atoms with Gasteiger partial charge in [0.1, 0.15) is 0 Å². The molecule has 0 aliphatic carbocycles. The summed E-state index contributed by atoms with van der Waals surface area (Å²) in [6.45, 7) is 3.14. The minimum Gasteiger partial charge on any atom is -0.391 e. The molecule has 1 aromatic carbocycles. The summed E-state index contributed by atoms with van der Waals surface area (Å²) in [5, 5.41) is 21.8. The summed E-state index contributed by atoms with van der Waals surface area (Å²) in [5.41, 5.74) is 2.00. The molecular formula is C14H17N3O2. The first kappa shape index (κ1) is 13.4. The minimum atomic E-state index is -0.628. The molecule has 1 aliphatic rings. The molecule has 2 N–H and O–H groups in total. The van der Waals surface area contributed by atoms with Crippen molar-refractivity contribution in [2.24, 2.45) is 0 Å². The molecule has 0 spiro atoms. The van der Waals surface area contributed by atoms with Crippen LogP contribution in [0.3, 0.4) is 0 Å². The number of β-amino-alcohol motifs (C(OH)–C–C–N with tert-alkyl or cyclic N) is 1. The van der Waals surface area contributed by atoms with Crippen molar-refractivity contribution >= 4 is 17.3 Å². The number of carbonyl (C=O) groups is 1. The van der Waals surface area contributed by atoms with E-state index >= 15 is 0 Å². The van der Waals surface area contributed by atoms with E-state index in [1.54, 1.807) is 17.0 Å². The lowest BCUT2D eigenvalue weighted by Gasteiger charge is -2.20. The van der Waals surface area contributed by atoms with Gasteiger partial charge >= 0.3 is 0 Å². The van der Waals surface area contributed by atoms with Gasteiger partial charge in [-0.3, -0.25) is 4.79 Å². The number of amides is 1. The van der Waals surface area contributed by atoms with E-state index in [0.717, 1.165) is 18.7 Å². The van der Waals surface area contributed by atoms with Gasteiger partial charge in [0.25, 0.3) is 0 Å². The molecule has 0 bridgehead atoms. The Bertz CT molecular complexity index is 522. The second kappa shape index (κ2) is 5.72. The summed E-state index contributed by atoms with van der Waals surface area (Å²) < 4.78 is 0. The number of carbonyl (C=O) groups excluding carboxylic acids is 1. The van der Waals surface area contributed by atoms with E-state index in [9.17, 15) is 9.90 Å². The predicted octanol–water partition coefficient (Wildman–Crippen LogP) is 1.48. The summed E-state index contributed by atoms with van der Waals surface area (Å²) in [4.78, 5) is 13.4. The zero-order chi connectivity index (χ0) is 13.8. The Hall–Kier alpha value is -2.06. The van der Waals surface area contributed by atoms with Crippen LogP contribution in [0.4, 0.5) is 11.4 Å². The standard InChI is InChI=1S/C14H17N3O2/c1-2-5-16-12-4-3-10(8-15)6-13(12)17-9-11(18)7-14(17)19/h3-4,6,11,16,18H,2,5,7,9H2,1H3. The van der Waals surface area contributed by atoms with Crippen molar-refractivity contribution in [1.82, 2.24) is 0 Å². The van der Waals surface area contributed by atoms with Crippen LogP contribution in [-0.2, 0) is 4.79 Å². The molecule has 5 heteroatoms. The third-order valence-corrected chi connectivity index (χ3v) is 3.09. The Balaban J connectivity index is 2.35. The Morgan fingerprint density at radius 2 is 2.37 bits per heavy atom. The molecule has 100 valence electrons. The first-order valence-corrected chi connectivity index (χ1v) is 6.42. The van der Waals surface area contributed by atoms with E-state index in [0.29, 0.717) is 11.3 Å². The van der Waals surface area contributed by atoms with Crippen LogP contribution in [0.25, 0.3) is 0 Å². The second-order valence-corrected chi connectivity index (χ2v) is 4.63. The number of aliphatic hydroxyl groups is 1. The predicted molar refractivity (Wildman–Crippen MR) is 72.9 cm³/mol. The van der Waals surface area contributed by atoms with Gasteiger partial charge in [0.05, 0.1) is 42.1 Å². The summed E-state index contributed by atoms with van der Waals surface area (Å²) in [6.07, 6.45) is 0.484. The molecule has 5 nitrogen and oxygen atoms in total. The summed E-state index contributed by atoms with van der Waals surface area (Å²) in [7, 11) is 0. The van der Waals surface area contributed by atoms with Gasteiger partial charge in [-0.15, -0.1) is 0 Å². The molecule has 1 saturated heterocycles. The fourth-order valence-electron chi connectivity index (χ4n) is 2.16. The van der Waals surface area contributed by atoms with Crippen LogP contribution in [0.2, 0.25) is 0 Å². The van der Waals surface area contributed by atoms with Crippen LogP contribution >= 0.6 is 0 Å². The molecule has 1 unspecified atom stereocenters. The van der Waals surface area contributed by atoms with E-state index in [4.69, 9.17) is 5.26 Å². The Morgan fingerprint density at radius 1 is 1.58 bits per heavy atom. The van der Waals surface area contributed by atoms with Crippen molar-refractivity contribution in [2.75, 3.05) is 23.3 Å². The third-order valence-electron chi connectivity index (χ3n) is 3.09. The molecule has 1 atom stereocenters. The molecule has 0 saturated carbocycles. The number of anilines is 2. The molecule has 2 rings (SSSR count). The maximum atomic E-state index is 11.9. The molecular weight excluding hydrogens is 242 g/mol. The number of hydrogen-bond donors (Lipinski definition) is 2. The average molecular weight is 259 g/mol. The highest BCUT2D eigenvalue weighted by atomic mass is 16.3. The number of nitrogens with zero attached hydrogens (tertiary/aromatic N) is 2. The number of benzene rings is 1. The van der Waals surface area contributed by atoms with Crippen molar-refractivity contribution in [3.05, 3.63) is 23.8 Å². The third kappa shape index (κ3) is 2.85. The number of nitrogens with one attached hydrogen (secondary N) is 1. The maximum Gasteiger partial charge on any atom is 0.229 e. The van der Waals surface area contributed by atoms with Crippen molar-refractivity contribution < 1.29 is 9.90 Å². The molecule has 1 aromatic rings. The van der Waals surface area contributed by atoms with Crippen LogP contribution in [0, 0.1) is 11.3 Å². The van der Waals surface area contributed by atoms with E-state index in [2.05, 4.69) is 18.3 Å². The van der Waals surface area contributed by atoms with Crippen molar-refractivity contribution in [2.45, 2.75) is 25.9 Å². The largest absolute Gasteiger partial charge is 0.391 e. The summed E-state index contributed by atoms with van der Waals surface area (Å²) in [6, 6.07) is 7.29. The zero-order valence-corrected chi connectivity index (χ0v) is 10.9. The smallest absolute Gasteiger partial charge is 0.229 e. The number of aliphatic hydroxyl groups excluding tert-OH is 1. The molecule has 1 aliphatic heterocycles.